The molecular formula is C21H20N2. The van der Waals surface area contributed by atoms with E-state index in [2.05, 4.69) is 78.1 Å². The number of rotatable bonds is 3. The molecule has 0 saturated carbocycles. The molecule has 1 fully saturated rings. The van der Waals surface area contributed by atoms with Gasteiger partial charge >= 0.3 is 0 Å². The summed E-state index contributed by atoms with van der Waals surface area (Å²) in [6.07, 6.45) is 0. The molecule has 3 aromatic rings. The molecule has 0 aliphatic carbocycles. The lowest BCUT2D eigenvalue weighted by Gasteiger charge is -2.39. The normalized spacial score (nSPS) is 15.9. The monoisotopic (exact) mass is 300 g/mol. The maximum absolute atomic E-state index is 6.33. The Morgan fingerprint density at radius 3 is 1.48 bits per heavy atom. The maximum atomic E-state index is 6.33. The highest BCUT2D eigenvalue weighted by atomic mass is 15.1. The second-order valence-corrected chi connectivity index (χ2v) is 6.28. The van der Waals surface area contributed by atoms with Crippen molar-refractivity contribution in [1.29, 1.82) is 0 Å². The summed E-state index contributed by atoms with van der Waals surface area (Å²) >= 11 is 0. The number of hydrogen-bond acceptors (Lipinski definition) is 2. The fourth-order valence-corrected chi connectivity index (χ4v) is 3.08. The summed E-state index contributed by atoms with van der Waals surface area (Å²) in [5, 5.41) is 3.24. The number of benzene rings is 3. The molecule has 1 saturated heterocycles. The molecule has 1 aliphatic rings. The lowest BCUT2D eigenvalue weighted by Crippen LogP contribution is -2.62. The smallest absolute Gasteiger partial charge is 0.0662 e. The SMILES string of the molecule is NC1(c2ccc(-c3ccc(-c4ccccc4)cc3)cc2)CNC1. The summed E-state index contributed by atoms with van der Waals surface area (Å²) in [5.41, 5.74) is 12.3. The Bertz CT molecular complexity index is 786. The van der Waals surface area contributed by atoms with Crippen LogP contribution in [0.2, 0.25) is 0 Å². The third kappa shape index (κ3) is 2.67. The van der Waals surface area contributed by atoms with Gasteiger partial charge in [0, 0.05) is 13.1 Å². The molecule has 2 heteroatoms. The molecular weight excluding hydrogens is 280 g/mol. The molecule has 0 spiro atoms. The first-order valence-corrected chi connectivity index (χ1v) is 8.01. The van der Waals surface area contributed by atoms with Crippen LogP contribution in [0.1, 0.15) is 5.56 Å². The van der Waals surface area contributed by atoms with Gasteiger partial charge in [-0.2, -0.15) is 0 Å². The summed E-state index contributed by atoms with van der Waals surface area (Å²) in [4.78, 5) is 0. The van der Waals surface area contributed by atoms with Crippen LogP contribution in [0.25, 0.3) is 22.3 Å². The first kappa shape index (κ1) is 14.2. The van der Waals surface area contributed by atoms with Crippen molar-refractivity contribution in [3.8, 4) is 22.3 Å². The van der Waals surface area contributed by atoms with Crippen molar-refractivity contribution < 1.29 is 0 Å². The van der Waals surface area contributed by atoms with Gasteiger partial charge in [-0.1, -0.05) is 78.9 Å². The standard InChI is InChI=1S/C21H20N2/c22-21(14-23-15-21)20-12-10-19(11-13-20)18-8-6-17(7-9-18)16-4-2-1-3-5-16/h1-13,23H,14-15,22H2. The van der Waals surface area contributed by atoms with Crippen molar-refractivity contribution in [2.45, 2.75) is 5.54 Å². The van der Waals surface area contributed by atoms with Gasteiger partial charge in [0.1, 0.15) is 0 Å². The van der Waals surface area contributed by atoms with Crippen molar-refractivity contribution in [2.24, 2.45) is 5.73 Å². The largest absolute Gasteiger partial charge is 0.319 e. The van der Waals surface area contributed by atoms with Crippen molar-refractivity contribution in [3.63, 3.8) is 0 Å². The van der Waals surface area contributed by atoms with Gasteiger partial charge in [0.2, 0.25) is 0 Å². The van der Waals surface area contributed by atoms with E-state index >= 15 is 0 Å². The topological polar surface area (TPSA) is 38.0 Å². The van der Waals surface area contributed by atoms with Gasteiger partial charge in [-0.25, -0.2) is 0 Å². The lowest BCUT2D eigenvalue weighted by atomic mass is 9.84. The molecule has 114 valence electrons. The molecule has 0 amide bonds. The van der Waals surface area contributed by atoms with Gasteiger partial charge in [-0.05, 0) is 27.8 Å². The maximum Gasteiger partial charge on any atom is 0.0662 e. The Morgan fingerprint density at radius 1 is 0.609 bits per heavy atom. The average molecular weight is 300 g/mol. The number of nitrogens with two attached hydrogens (primary N) is 1. The van der Waals surface area contributed by atoms with E-state index in [-0.39, 0.29) is 5.54 Å². The van der Waals surface area contributed by atoms with Crippen LogP contribution in [-0.4, -0.2) is 13.1 Å². The minimum atomic E-state index is -0.185. The van der Waals surface area contributed by atoms with Crippen LogP contribution in [0.4, 0.5) is 0 Å². The van der Waals surface area contributed by atoms with Crippen molar-refractivity contribution in [3.05, 3.63) is 84.4 Å². The van der Waals surface area contributed by atoms with E-state index in [1.807, 2.05) is 6.07 Å². The summed E-state index contributed by atoms with van der Waals surface area (Å²) in [6, 6.07) is 27.8. The number of hydrogen-bond donors (Lipinski definition) is 2. The summed E-state index contributed by atoms with van der Waals surface area (Å²) in [6.45, 7) is 1.72. The first-order valence-electron chi connectivity index (χ1n) is 8.01. The van der Waals surface area contributed by atoms with Crippen LogP contribution in [0.15, 0.2) is 78.9 Å². The summed E-state index contributed by atoms with van der Waals surface area (Å²) < 4.78 is 0. The van der Waals surface area contributed by atoms with E-state index in [0.717, 1.165) is 13.1 Å². The molecule has 3 N–H and O–H groups in total. The minimum Gasteiger partial charge on any atom is -0.319 e. The molecule has 4 rings (SSSR count). The molecule has 2 nitrogen and oxygen atoms in total. The lowest BCUT2D eigenvalue weighted by molar-refractivity contribution is 0.287. The molecule has 1 aliphatic heterocycles. The summed E-state index contributed by atoms with van der Waals surface area (Å²) in [7, 11) is 0. The van der Waals surface area contributed by atoms with Gasteiger partial charge in [0.15, 0.2) is 0 Å². The molecule has 23 heavy (non-hydrogen) atoms. The predicted octanol–water partition coefficient (Wildman–Crippen LogP) is 3.78. The third-order valence-electron chi connectivity index (χ3n) is 4.67. The second kappa shape index (κ2) is 5.65. The Labute approximate surface area is 137 Å². The van der Waals surface area contributed by atoms with Crippen LogP contribution in [0.3, 0.4) is 0 Å². The summed E-state index contributed by atoms with van der Waals surface area (Å²) in [5.74, 6) is 0. The van der Waals surface area contributed by atoms with E-state index in [9.17, 15) is 0 Å². The zero-order chi connectivity index (χ0) is 15.7. The predicted molar refractivity (Wildman–Crippen MR) is 96.0 cm³/mol. The van der Waals surface area contributed by atoms with Crippen molar-refractivity contribution in [2.75, 3.05) is 13.1 Å². The van der Waals surface area contributed by atoms with Gasteiger partial charge in [0.25, 0.3) is 0 Å². The van der Waals surface area contributed by atoms with E-state index in [0.29, 0.717) is 0 Å². The average Bonchev–Trinajstić information content (AvgIpc) is 2.61. The highest BCUT2D eigenvalue weighted by molar-refractivity contribution is 5.70. The van der Waals surface area contributed by atoms with Gasteiger partial charge in [0.05, 0.1) is 5.54 Å². The molecule has 0 radical (unpaired) electrons. The molecule has 1 heterocycles. The van der Waals surface area contributed by atoms with Crippen molar-refractivity contribution in [1.82, 2.24) is 5.32 Å². The highest BCUT2D eigenvalue weighted by Gasteiger charge is 2.33. The van der Waals surface area contributed by atoms with Crippen LogP contribution >= 0.6 is 0 Å². The Kier molecular flexibility index (Phi) is 3.49. The molecule has 0 bridgehead atoms. The minimum absolute atomic E-state index is 0.185. The van der Waals surface area contributed by atoms with E-state index < -0.39 is 0 Å². The van der Waals surface area contributed by atoms with Gasteiger partial charge in [-0.15, -0.1) is 0 Å². The highest BCUT2D eigenvalue weighted by Crippen LogP contribution is 2.28. The third-order valence-corrected chi connectivity index (χ3v) is 4.67. The Balaban J connectivity index is 1.58. The fourth-order valence-electron chi connectivity index (χ4n) is 3.08. The van der Waals surface area contributed by atoms with E-state index in [1.54, 1.807) is 0 Å². The molecule has 3 aromatic carbocycles. The van der Waals surface area contributed by atoms with E-state index in [4.69, 9.17) is 5.73 Å². The second-order valence-electron chi connectivity index (χ2n) is 6.28. The quantitative estimate of drug-likeness (QED) is 0.772. The fraction of sp³-hybridized carbons (Fsp3) is 0.143. The van der Waals surface area contributed by atoms with E-state index in [1.165, 1.54) is 27.8 Å². The van der Waals surface area contributed by atoms with Crippen LogP contribution < -0.4 is 11.1 Å². The number of nitrogens with one attached hydrogen (secondary N) is 1. The van der Waals surface area contributed by atoms with Crippen LogP contribution in [-0.2, 0) is 5.54 Å². The molecule has 0 atom stereocenters. The van der Waals surface area contributed by atoms with Crippen LogP contribution in [0.5, 0.6) is 0 Å². The molecule has 0 aromatic heterocycles. The van der Waals surface area contributed by atoms with Gasteiger partial charge in [-0.3, -0.25) is 0 Å². The molecule has 0 unspecified atom stereocenters. The Hall–Kier alpha value is -2.42. The zero-order valence-electron chi connectivity index (χ0n) is 13.0. The van der Waals surface area contributed by atoms with Crippen LogP contribution in [0, 0.1) is 0 Å². The first-order chi connectivity index (χ1) is 11.2. The van der Waals surface area contributed by atoms with Gasteiger partial charge < -0.3 is 11.1 Å². The van der Waals surface area contributed by atoms with Crippen molar-refractivity contribution >= 4 is 0 Å². The zero-order valence-corrected chi connectivity index (χ0v) is 13.0. The Morgan fingerprint density at radius 2 is 1.04 bits per heavy atom.